The quantitative estimate of drug-likeness (QED) is 0.493. The first-order chi connectivity index (χ1) is 12.3. The third-order valence-electron chi connectivity index (χ3n) is 3.98. The lowest BCUT2D eigenvalue weighted by Crippen LogP contribution is -2.49. The fraction of sp³-hybridized carbons (Fsp3) is 0.375. The van der Waals surface area contributed by atoms with Gasteiger partial charge in [-0.3, -0.25) is 4.79 Å². The number of carbonyl (C=O) groups excluding carboxylic acids is 2. The number of amides is 2. The number of hydrogen-bond donors (Lipinski definition) is 3. The number of halogens is 2. The molecule has 2 rings (SSSR count). The first-order valence-electron chi connectivity index (χ1n) is 7.93. The molecule has 0 radical (unpaired) electrons. The van der Waals surface area contributed by atoms with Crippen LogP contribution in [0.5, 0.6) is 0 Å². The summed E-state index contributed by atoms with van der Waals surface area (Å²) in [5.74, 6) is -2.06. The molecule has 1 aliphatic rings. The standard InChI is InChI=1S/C16H19BF2N2O5/c1-2-15(22)21-8-12(19)13(9-21)26-16(23)20-14(17(24)25)7-10-3-5-11(18)6-4-10/h2-6,12-14,24-25H,1,7-9H2,(H,20,23)/t12-,13-,14?/m1/s1. The van der Waals surface area contributed by atoms with Gasteiger partial charge in [0.05, 0.1) is 19.0 Å². The Bertz CT molecular complexity index is 659. The van der Waals surface area contributed by atoms with Crippen LogP contribution in [0.2, 0.25) is 0 Å². The summed E-state index contributed by atoms with van der Waals surface area (Å²) in [5.41, 5.74) is 0.553. The number of alkyl halides is 1. The Balaban J connectivity index is 1.92. The van der Waals surface area contributed by atoms with E-state index in [4.69, 9.17) is 4.74 Å². The molecule has 0 aliphatic carbocycles. The summed E-state index contributed by atoms with van der Waals surface area (Å²) in [7, 11) is -1.91. The number of ether oxygens (including phenoxy) is 1. The molecular formula is C16H19BF2N2O5. The highest BCUT2D eigenvalue weighted by Gasteiger charge is 2.38. The van der Waals surface area contributed by atoms with Crippen molar-refractivity contribution in [2.45, 2.75) is 24.6 Å². The van der Waals surface area contributed by atoms with Crippen molar-refractivity contribution >= 4 is 19.1 Å². The van der Waals surface area contributed by atoms with Crippen molar-refractivity contribution in [1.82, 2.24) is 10.2 Å². The molecule has 26 heavy (non-hydrogen) atoms. The molecule has 2 amide bonds. The van der Waals surface area contributed by atoms with Gasteiger partial charge in [0.25, 0.3) is 0 Å². The van der Waals surface area contributed by atoms with Crippen molar-refractivity contribution in [3.05, 3.63) is 48.3 Å². The molecule has 0 saturated carbocycles. The fourth-order valence-corrected chi connectivity index (χ4v) is 2.58. The molecule has 3 atom stereocenters. The molecule has 1 aliphatic heterocycles. The Morgan fingerprint density at radius 3 is 2.62 bits per heavy atom. The van der Waals surface area contributed by atoms with E-state index in [1.165, 1.54) is 24.3 Å². The molecule has 10 heteroatoms. The number of carbonyl (C=O) groups is 2. The SMILES string of the molecule is C=CC(=O)N1C[C@@H](F)[C@H](OC(=O)NC(Cc2ccc(F)cc2)B(O)O)C1. The zero-order valence-electron chi connectivity index (χ0n) is 13.8. The fourth-order valence-electron chi connectivity index (χ4n) is 2.58. The molecule has 1 aromatic rings. The Labute approximate surface area is 149 Å². The topological polar surface area (TPSA) is 99.1 Å². The van der Waals surface area contributed by atoms with E-state index in [1.54, 1.807) is 0 Å². The molecule has 140 valence electrons. The second kappa shape index (κ2) is 8.77. The van der Waals surface area contributed by atoms with Gasteiger partial charge in [0, 0.05) is 0 Å². The van der Waals surface area contributed by atoms with Gasteiger partial charge in [-0.2, -0.15) is 0 Å². The van der Waals surface area contributed by atoms with E-state index >= 15 is 0 Å². The summed E-state index contributed by atoms with van der Waals surface area (Å²) < 4.78 is 31.8. The van der Waals surface area contributed by atoms with E-state index in [9.17, 15) is 28.4 Å². The van der Waals surface area contributed by atoms with Gasteiger partial charge in [0.15, 0.2) is 12.3 Å². The van der Waals surface area contributed by atoms with Gasteiger partial charge in [0.1, 0.15) is 5.82 Å². The molecule has 0 aromatic heterocycles. The Kier molecular flexibility index (Phi) is 6.70. The number of hydrogen-bond acceptors (Lipinski definition) is 5. The highest BCUT2D eigenvalue weighted by Crippen LogP contribution is 2.17. The van der Waals surface area contributed by atoms with Gasteiger partial charge in [-0.15, -0.1) is 0 Å². The Morgan fingerprint density at radius 2 is 2.04 bits per heavy atom. The number of likely N-dealkylation sites (tertiary alicyclic amines) is 1. The van der Waals surface area contributed by atoms with Gasteiger partial charge < -0.3 is 25.0 Å². The second-order valence-corrected chi connectivity index (χ2v) is 5.90. The van der Waals surface area contributed by atoms with Gasteiger partial charge >= 0.3 is 13.2 Å². The molecule has 1 heterocycles. The van der Waals surface area contributed by atoms with E-state index in [0.29, 0.717) is 5.56 Å². The van der Waals surface area contributed by atoms with Crippen LogP contribution in [-0.2, 0) is 16.0 Å². The predicted molar refractivity (Wildman–Crippen MR) is 89.2 cm³/mol. The minimum Gasteiger partial charge on any atom is -0.441 e. The van der Waals surface area contributed by atoms with Crippen LogP contribution in [-0.4, -0.2) is 65.4 Å². The Hall–Kier alpha value is -2.46. The summed E-state index contributed by atoms with van der Waals surface area (Å²) in [6.07, 6.45) is -2.74. The summed E-state index contributed by atoms with van der Waals surface area (Å²) in [6, 6.07) is 5.27. The van der Waals surface area contributed by atoms with Crippen LogP contribution in [0.4, 0.5) is 13.6 Å². The number of nitrogens with zero attached hydrogens (tertiary/aromatic N) is 1. The van der Waals surface area contributed by atoms with E-state index in [1.807, 2.05) is 0 Å². The van der Waals surface area contributed by atoms with Gasteiger partial charge in [-0.05, 0) is 30.2 Å². The van der Waals surface area contributed by atoms with Gasteiger partial charge in [0.2, 0.25) is 5.91 Å². The lowest BCUT2D eigenvalue weighted by atomic mass is 9.76. The number of nitrogens with one attached hydrogen (secondary N) is 1. The van der Waals surface area contributed by atoms with Crippen LogP contribution in [0.1, 0.15) is 5.56 Å². The lowest BCUT2D eigenvalue weighted by molar-refractivity contribution is -0.125. The molecular weight excluding hydrogens is 349 g/mol. The maximum absolute atomic E-state index is 13.9. The van der Waals surface area contributed by atoms with E-state index in [-0.39, 0.29) is 19.5 Å². The van der Waals surface area contributed by atoms with Gasteiger partial charge in [-0.1, -0.05) is 18.7 Å². The van der Waals surface area contributed by atoms with Gasteiger partial charge in [-0.25, -0.2) is 13.6 Å². The first kappa shape index (κ1) is 19.9. The van der Waals surface area contributed by atoms with Crippen LogP contribution >= 0.6 is 0 Å². The van der Waals surface area contributed by atoms with Crippen LogP contribution in [0.25, 0.3) is 0 Å². The van der Waals surface area contributed by atoms with Crippen molar-refractivity contribution < 1.29 is 33.2 Å². The average molecular weight is 368 g/mol. The summed E-state index contributed by atoms with van der Waals surface area (Å²) >= 11 is 0. The zero-order chi connectivity index (χ0) is 19.3. The molecule has 1 saturated heterocycles. The van der Waals surface area contributed by atoms with E-state index in [2.05, 4.69) is 11.9 Å². The Morgan fingerprint density at radius 1 is 1.38 bits per heavy atom. The molecule has 1 fully saturated rings. The van der Waals surface area contributed by atoms with Crippen molar-refractivity contribution in [2.75, 3.05) is 13.1 Å². The van der Waals surface area contributed by atoms with Crippen molar-refractivity contribution in [1.29, 1.82) is 0 Å². The predicted octanol–water partition coefficient (Wildman–Crippen LogP) is 0.210. The molecule has 1 unspecified atom stereocenters. The minimum atomic E-state index is -1.91. The first-order valence-corrected chi connectivity index (χ1v) is 7.93. The maximum Gasteiger partial charge on any atom is 0.475 e. The third kappa shape index (κ3) is 5.27. The summed E-state index contributed by atoms with van der Waals surface area (Å²) in [4.78, 5) is 24.6. The van der Waals surface area contributed by atoms with Crippen molar-refractivity contribution in [2.24, 2.45) is 0 Å². The smallest absolute Gasteiger partial charge is 0.441 e. The molecule has 0 spiro atoms. The van der Waals surface area contributed by atoms with E-state index < -0.39 is 43.2 Å². The number of rotatable bonds is 6. The number of alkyl carbamates (subject to hydrolysis) is 1. The molecule has 7 nitrogen and oxygen atoms in total. The van der Waals surface area contributed by atoms with Crippen molar-refractivity contribution in [3.63, 3.8) is 0 Å². The minimum absolute atomic E-state index is 0.00214. The second-order valence-electron chi connectivity index (χ2n) is 5.90. The normalized spacial score (nSPS) is 20.4. The van der Waals surface area contributed by atoms with Crippen LogP contribution in [0.3, 0.4) is 0 Å². The monoisotopic (exact) mass is 368 g/mol. The zero-order valence-corrected chi connectivity index (χ0v) is 13.8. The molecule has 1 aromatic carbocycles. The number of benzene rings is 1. The maximum atomic E-state index is 13.9. The molecule has 0 bridgehead atoms. The van der Waals surface area contributed by atoms with Crippen LogP contribution < -0.4 is 5.32 Å². The van der Waals surface area contributed by atoms with E-state index in [0.717, 1.165) is 11.0 Å². The summed E-state index contributed by atoms with van der Waals surface area (Å²) in [5, 5.41) is 21.1. The molecule has 3 N–H and O–H groups in total. The van der Waals surface area contributed by atoms with Crippen molar-refractivity contribution in [3.8, 4) is 0 Å². The third-order valence-corrected chi connectivity index (χ3v) is 3.98. The summed E-state index contributed by atoms with van der Waals surface area (Å²) in [6.45, 7) is 2.97. The highest BCUT2D eigenvalue weighted by atomic mass is 19.1. The highest BCUT2D eigenvalue weighted by molar-refractivity contribution is 6.43. The van der Waals surface area contributed by atoms with Crippen LogP contribution in [0, 0.1) is 5.82 Å². The van der Waals surface area contributed by atoms with Crippen LogP contribution in [0.15, 0.2) is 36.9 Å². The average Bonchev–Trinajstić information content (AvgIpc) is 2.96. The lowest BCUT2D eigenvalue weighted by Gasteiger charge is -2.20. The largest absolute Gasteiger partial charge is 0.475 e.